The lowest BCUT2D eigenvalue weighted by molar-refractivity contribution is 0.228. The van der Waals surface area contributed by atoms with Crippen LogP contribution in [0.3, 0.4) is 0 Å². The Bertz CT molecular complexity index is 1130. The number of benzene rings is 4. The largest absolute Gasteiger partial charge is 0.0614 e. The van der Waals surface area contributed by atoms with Gasteiger partial charge in [0.1, 0.15) is 0 Å². The van der Waals surface area contributed by atoms with Crippen LogP contribution in [0.4, 0.5) is 0 Å². The van der Waals surface area contributed by atoms with E-state index in [2.05, 4.69) is 125 Å². The second-order valence-electron chi connectivity index (χ2n) is 10.7. The van der Waals surface area contributed by atoms with E-state index in [0.29, 0.717) is 0 Å². The molecule has 36 heavy (non-hydrogen) atoms. The van der Waals surface area contributed by atoms with Crippen molar-refractivity contribution in [3.8, 4) is 0 Å². The molecule has 5 rings (SSSR count). The van der Waals surface area contributed by atoms with Crippen LogP contribution < -0.4 is 21.2 Å². The van der Waals surface area contributed by atoms with Crippen LogP contribution in [0, 0.1) is 39.5 Å². The smallest absolute Gasteiger partial charge is 0.0192 e. The van der Waals surface area contributed by atoms with Crippen molar-refractivity contribution in [1.29, 1.82) is 0 Å². The van der Waals surface area contributed by atoms with Crippen molar-refractivity contribution in [3.05, 3.63) is 119 Å². The molecule has 0 radical (unpaired) electrons. The van der Waals surface area contributed by atoms with Crippen LogP contribution in [-0.2, 0) is 0 Å². The average Bonchev–Trinajstić information content (AvgIpc) is 2.84. The third-order valence-corrected chi connectivity index (χ3v) is 12.9. The number of hydrogen-bond donors (Lipinski definition) is 0. The summed E-state index contributed by atoms with van der Waals surface area (Å²) < 4.78 is 0. The van der Waals surface area contributed by atoms with E-state index in [1.165, 1.54) is 47.4 Å². The van der Waals surface area contributed by atoms with Gasteiger partial charge in [-0.05, 0) is 102 Å². The molecule has 184 valence electrons. The maximum atomic E-state index is 2.44. The summed E-state index contributed by atoms with van der Waals surface area (Å²) >= 11 is 0. The van der Waals surface area contributed by atoms with Crippen molar-refractivity contribution >= 4 is 37.1 Å². The van der Waals surface area contributed by atoms with Crippen molar-refractivity contribution in [2.24, 2.45) is 11.8 Å². The molecule has 0 spiro atoms. The first-order chi connectivity index (χ1) is 17.5. The number of aryl methyl sites for hydroxylation is 4. The summed E-state index contributed by atoms with van der Waals surface area (Å²) in [5, 5.41) is 6.17. The van der Waals surface area contributed by atoms with Gasteiger partial charge in [-0.2, -0.15) is 0 Å². The van der Waals surface area contributed by atoms with Gasteiger partial charge in [0.15, 0.2) is 0 Å². The molecule has 0 aliphatic heterocycles. The van der Waals surface area contributed by atoms with Crippen LogP contribution in [0.2, 0.25) is 0 Å². The van der Waals surface area contributed by atoms with E-state index in [9.17, 15) is 0 Å². The highest BCUT2D eigenvalue weighted by Gasteiger charge is 2.35. The quantitative estimate of drug-likeness (QED) is 0.216. The predicted octanol–water partition coefficient (Wildman–Crippen LogP) is 7.51. The molecule has 0 N–H and O–H groups in total. The molecule has 0 aromatic heterocycles. The van der Waals surface area contributed by atoms with Crippen molar-refractivity contribution in [1.82, 2.24) is 0 Å². The summed E-state index contributed by atoms with van der Waals surface area (Å²) in [7, 11) is -0.681. The molecular weight excluding hydrogens is 470 g/mol. The Balaban J connectivity index is 1.42. The van der Waals surface area contributed by atoms with Gasteiger partial charge in [-0.1, -0.05) is 119 Å². The molecule has 4 aromatic rings. The first-order valence-corrected chi connectivity index (χ1v) is 16.3. The normalized spacial score (nSPS) is 17.4. The zero-order valence-electron chi connectivity index (χ0n) is 22.1. The highest BCUT2D eigenvalue weighted by molar-refractivity contribution is 7.73. The molecule has 1 aliphatic carbocycles. The van der Waals surface area contributed by atoms with E-state index >= 15 is 0 Å². The van der Waals surface area contributed by atoms with Crippen LogP contribution in [0.5, 0.6) is 0 Å². The Morgan fingerprint density at radius 2 is 0.750 bits per heavy atom. The standard InChI is InChI=1S/C34H38P2/c1-25-9-5-13-31(19-25)35(32-14-6-10-26(2)20-32)23-29-17-18-30(29)24-36(33-15-7-11-27(3)21-33)34-16-8-12-28(4)22-34/h5-16,19-22,29-30H,17-18,23-24H2,1-4H3. The van der Waals surface area contributed by atoms with Gasteiger partial charge in [-0.25, -0.2) is 0 Å². The fraction of sp³-hybridized carbons (Fsp3) is 0.294. The van der Waals surface area contributed by atoms with Crippen LogP contribution in [-0.4, -0.2) is 12.3 Å². The van der Waals surface area contributed by atoms with E-state index in [-0.39, 0.29) is 15.8 Å². The van der Waals surface area contributed by atoms with E-state index in [4.69, 9.17) is 0 Å². The molecule has 1 fully saturated rings. The zero-order chi connectivity index (χ0) is 25.1. The SMILES string of the molecule is Cc1cccc(P(CC2CCC2CP(c2cccc(C)c2)c2cccc(C)c2)c2cccc(C)c2)c1. The monoisotopic (exact) mass is 508 g/mol. The van der Waals surface area contributed by atoms with E-state index < -0.39 is 0 Å². The highest BCUT2D eigenvalue weighted by Crippen LogP contribution is 2.50. The molecular formula is C34H38P2. The summed E-state index contributed by atoms with van der Waals surface area (Å²) in [5.41, 5.74) is 5.50. The maximum absolute atomic E-state index is 2.44. The van der Waals surface area contributed by atoms with Crippen molar-refractivity contribution in [3.63, 3.8) is 0 Å². The van der Waals surface area contributed by atoms with Gasteiger partial charge in [0.25, 0.3) is 0 Å². The summed E-state index contributed by atoms with van der Waals surface area (Å²) in [4.78, 5) is 0. The third kappa shape index (κ3) is 5.99. The van der Waals surface area contributed by atoms with E-state index in [1.807, 2.05) is 0 Å². The Kier molecular flexibility index (Phi) is 8.06. The third-order valence-electron chi connectivity index (χ3n) is 7.66. The van der Waals surface area contributed by atoms with Gasteiger partial charge < -0.3 is 0 Å². The van der Waals surface area contributed by atoms with Crippen LogP contribution in [0.1, 0.15) is 35.1 Å². The van der Waals surface area contributed by atoms with Gasteiger partial charge in [0.05, 0.1) is 0 Å². The minimum absolute atomic E-state index is 0.340. The Labute approximate surface area is 220 Å². The van der Waals surface area contributed by atoms with E-state index in [1.54, 1.807) is 21.2 Å². The lowest BCUT2D eigenvalue weighted by atomic mass is 9.76. The molecule has 0 nitrogen and oxygen atoms in total. The molecule has 1 saturated carbocycles. The van der Waals surface area contributed by atoms with E-state index in [0.717, 1.165) is 11.8 Å². The van der Waals surface area contributed by atoms with Gasteiger partial charge in [-0.15, -0.1) is 0 Å². The minimum atomic E-state index is -0.340. The topological polar surface area (TPSA) is 0 Å². The van der Waals surface area contributed by atoms with Gasteiger partial charge in [-0.3, -0.25) is 0 Å². The molecule has 0 heterocycles. The average molecular weight is 509 g/mol. The van der Waals surface area contributed by atoms with Gasteiger partial charge in [0, 0.05) is 0 Å². The van der Waals surface area contributed by atoms with Crippen molar-refractivity contribution in [2.75, 3.05) is 12.3 Å². The maximum Gasteiger partial charge on any atom is -0.0192 e. The second kappa shape index (κ2) is 11.4. The molecule has 0 saturated heterocycles. The molecule has 2 unspecified atom stereocenters. The van der Waals surface area contributed by atoms with Crippen LogP contribution in [0.15, 0.2) is 97.1 Å². The lowest BCUT2D eigenvalue weighted by Crippen LogP contribution is -2.35. The Morgan fingerprint density at radius 3 is 0.972 bits per heavy atom. The first kappa shape index (κ1) is 25.4. The molecule has 4 aromatic carbocycles. The Hall–Kier alpha value is -2.26. The van der Waals surface area contributed by atoms with Crippen molar-refractivity contribution in [2.45, 2.75) is 40.5 Å². The number of rotatable bonds is 8. The Morgan fingerprint density at radius 1 is 0.472 bits per heavy atom. The minimum Gasteiger partial charge on any atom is -0.0614 e. The molecule has 0 amide bonds. The van der Waals surface area contributed by atoms with Gasteiger partial charge in [0.2, 0.25) is 0 Å². The molecule has 1 aliphatic rings. The fourth-order valence-electron chi connectivity index (χ4n) is 5.49. The number of hydrogen-bond acceptors (Lipinski definition) is 0. The highest BCUT2D eigenvalue weighted by atomic mass is 31.1. The van der Waals surface area contributed by atoms with Crippen LogP contribution >= 0.6 is 15.8 Å². The van der Waals surface area contributed by atoms with Gasteiger partial charge >= 0.3 is 0 Å². The van der Waals surface area contributed by atoms with Crippen LogP contribution in [0.25, 0.3) is 0 Å². The zero-order valence-corrected chi connectivity index (χ0v) is 23.9. The molecule has 0 bridgehead atoms. The summed E-state index contributed by atoms with van der Waals surface area (Å²) in [5.74, 6) is 1.63. The summed E-state index contributed by atoms with van der Waals surface area (Å²) in [6, 6.07) is 37.2. The summed E-state index contributed by atoms with van der Waals surface area (Å²) in [6.45, 7) is 8.93. The lowest BCUT2D eigenvalue weighted by Gasteiger charge is -2.41. The first-order valence-electron chi connectivity index (χ1n) is 13.3. The second-order valence-corrected chi connectivity index (χ2v) is 15.2. The summed E-state index contributed by atoms with van der Waals surface area (Å²) in [6.07, 6.45) is 5.40. The molecule has 2 atom stereocenters. The molecule has 2 heteroatoms. The predicted molar refractivity (Wildman–Crippen MR) is 163 cm³/mol. The van der Waals surface area contributed by atoms with Crippen molar-refractivity contribution < 1.29 is 0 Å². The fourth-order valence-corrected chi connectivity index (χ4v) is 11.3.